The van der Waals surface area contributed by atoms with E-state index in [1.54, 1.807) is 32.2 Å². The summed E-state index contributed by atoms with van der Waals surface area (Å²) in [5.74, 6) is 0.758. The van der Waals surface area contributed by atoms with Crippen LogP contribution >= 0.6 is 0 Å². The van der Waals surface area contributed by atoms with Gasteiger partial charge in [0.1, 0.15) is 11.4 Å². The van der Waals surface area contributed by atoms with Gasteiger partial charge in [-0.25, -0.2) is 4.98 Å². The molecule has 1 atom stereocenters. The summed E-state index contributed by atoms with van der Waals surface area (Å²) < 4.78 is 5.46. The van der Waals surface area contributed by atoms with Crippen molar-refractivity contribution in [2.45, 2.75) is 44.9 Å². The minimum Gasteiger partial charge on any atom is -0.394 e. The maximum atomic E-state index is 12.3. The van der Waals surface area contributed by atoms with Crippen LogP contribution in [0.3, 0.4) is 0 Å². The first-order chi connectivity index (χ1) is 18.0. The fourth-order valence-corrected chi connectivity index (χ4v) is 4.41. The third-order valence-electron chi connectivity index (χ3n) is 6.46. The van der Waals surface area contributed by atoms with Crippen LogP contribution in [0, 0.1) is 0 Å². The van der Waals surface area contributed by atoms with Crippen LogP contribution in [0.2, 0.25) is 0 Å². The molecule has 0 saturated heterocycles. The molecule has 0 radical (unpaired) electrons. The first-order valence-corrected chi connectivity index (χ1v) is 12.3. The van der Waals surface area contributed by atoms with Gasteiger partial charge in [0.25, 0.3) is 11.8 Å². The van der Waals surface area contributed by atoms with E-state index >= 15 is 0 Å². The summed E-state index contributed by atoms with van der Waals surface area (Å²) in [4.78, 5) is 21.2. The molecule has 0 unspecified atom stereocenters. The van der Waals surface area contributed by atoms with Crippen molar-refractivity contribution in [3.05, 3.63) is 83.3 Å². The quantitative estimate of drug-likeness (QED) is 0.233. The van der Waals surface area contributed by atoms with Gasteiger partial charge in [-0.2, -0.15) is 4.98 Å². The number of benzene rings is 2. The zero-order valence-corrected chi connectivity index (χ0v) is 21.6. The molecule has 3 heterocycles. The summed E-state index contributed by atoms with van der Waals surface area (Å²) >= 11 is 0. The Labute approximate surface area is 220 Å². The van der Waals surface area contributed by atoms with Crippen molar-refractivity contribution in [3.63, 3.8) is 0 Å². The summed E-state index contributed by atoms with van der Waals surface area (Å²) in [6.07, 6.45) is 1.59. The first kappa shape index (κ1) is 25.4. The normalized spacial score (nSPS) is 15.1. The maximum absolute atomic E-state index is 12.3. The summed E-state index contributed by atoms with van der Waals surface area (Å²) in [6, 6.07) is 16.5. The Bertz CT molecular complexity index is 1480. The lowest BCUT2D eigenvalue weighted by Gasteiger charge is -2.21. The van der Waals surface area contributed by atoms with Crippen LogP contribution in [0.4, 0.5) is 17.2 Å². The number of amides is 1. The fraction of sp³-hybridized carbons (Fsp3) is 0.286. The van der Waals surface area contributed by atoms with E-state index in [1.165, 1.54) is 0 Å². The Kier molecular flexibility index (Phi) is 6.38. The van der Waals surface area contributed by atoms with Gasteiger partial charge in [0, 0.05) is 23.5 Å². The number of anilines is 3. The van der Waals surface area contributed by atoms with Crippen LogP contribution in [0.1, 0.15) is 61.0 Å². The second-order valence-corrected chi connectivity index (χ2v) is 10.4. The maximum Gasteiger partial charge on any atom is 0.261 e. The molecule has 38 heavy (non-hydrogen) atoms. The Morgan fingerprint density at radius 1 is 1.11 bits per heavy atom. The highest BCUT2D eigenvalue weighted by molar-refractivity contribution is 6.00. The van der Waals surface area contributed by atoms with Crippen LogP contribution in [0.15, 0.2) is 65.3 Å². The van der Waals surface area contributed by atoms with Crippen LogP contribution < -0.4 is 16.0 Å². The average Bonchev–Trinajstić information content (AvgIpc) is 3.46. The molecule has 0 spiro atoms. The highest BCUT2D eigenvalue weighted by Gasteiger charge is 2.35. The number of nitrogens with zero attached hydrogens (tertiary/aromatic N) is 3. The summed E-state index contributed by atoms with van der Waals surface area (Å²) in [5.41, 5.74) is 2.56. The molecule has 5 rings (SSSR count). The van der Waals surface area contributed by atoms with Gasteiger partial charge in [0.05, 0.1) is 29.4 Å². The molecule has 1 aliphatic rings. The number of hydrogen-bond donors (Lipinski definition) is 5. The largest absolute Gasteiger partial charge is 0.394 e. The Morgan fingerprint density at radius 3 is 2.55 bits per heavy atom. The second-order valence-electron chi connectivity index (χ2n) is 10.4. The number of fused-ring (bicyclic) bond motifs is 1. The topological polar surface area (TPSA) is 145 Å². The SMILES string of the molecule is CC(C)(O)c1noc(-c2cnc(Nc3ccc4c(c3)C(C)(C)NC4=O)cc2N[C@H](CO)c2ccccc2)n1. The van der Waals surface area contributed by atoms with Crippen molar-refractivity contribution in [3.8, 4) is 11.5 Å². The Hall–Kier alpha value is -4.28. The summed E-state index contributed by atoms with van der Waals surface area (Å²) in [5, 5.41) is 34.0. The molecule has 1 aliphatic heterocycles. The predicted molar refractivity (Wildman–Crippen MR) is 143 cm³/mol. The van der Waals surface area contributed by atoms with E-state index in [4.69, 9.17) is 4.52 Å². The number of aromatic nitrogens is 3. The van der Waals surface area contributed by atoms with Gasteiger partial charge in [-0.3, -0.25) is 4.79 Å². The molecule has 2 aromatic carbocycles. The number of carbonyl (C=O) groups excluding carboxylic acids is 1. The molecule has 0 fully saturated rings. The fourth-order valence-electron chi connectivity index (χ4n) is 4.41. The number of pyridine rings is 1. The number of nitrogens with one attached hydrogen (secondary N) is 3. The minimum absolute atomic E-state index is 0.0912. The van der Waals surface area contributed by atoms with E-state index in [0.717, 1.165) is 16.8 Å². The number of carbonyl (C=O) groups is 1. The Morgan fingerprint density at radius 2 is 1.87 bits per heavy atom. The molecule has 0 aliphatic carbocycles. The van der Waals surface area contributed by atoms with E-state index < -0.39 is 17.2 Å². The number of rotatable bonds is 8. The Balaban J connectivity index is 1.52. The lowest BCUT2D eigenvalue weighted by Crippen LogP contribution is -2.32. The van der Waals surface area contributed by atoms with Gasteiger partial charge >= 0.3 is 0 Å². The molecule has 10 heteroatoms. The number of aliphatic hydroxyl groups excluding tert-OH is 1. The van der Waals surface area contributed by atoms with Gasteiger partial charge in [0.2, 0.25) is 5.82 Å². The smallest absolute Gasteiger partial charge is 0.261 e. The average molecular weight is 515 g/mol. The van der Waals surface area contributed by atoms with Crippen LogP contribution in [-0.4, -0.2) is 37.9 Å². The van der Waals surface area contributed by atoms with Gasteiger partial charge in [-0.1, -0.05) is 35.5 Å². The molecule has 2 aromatic heterocycles. The molecular weight excluding hydrogens is 484 g/mol. The molecule has 4 aromatic rings. The van der Waals surface area contributed by atoms with Crippen LogP contribution in [-0.2, 0) is 11.1 Å². The lowest BCUT2D eigenvalue weighted by atomic mass is 9.94. The highest BCUT2D eigenvalue weighted by Crippen LogP contribution is 2.35. The van der Waals surface area contributed by atoms with E-state index in [-0.39, 0.29) is 24.2 Å². The van der Waals surface area contributed by atoms with Crippen molar-refractivity contribution in [2.75, 3.05) is 17.2 Å². The van der Waals surface area contributed by atoms with Crippen molar-refractivity contribution in [1.29, 1.82) is 0 Å². The van der Waals surface area contributed by atoms with E-state index in [0.29, 0.717) is 22.6 Å². The van der Waals surface area contributed by atoms with Crippen LogP contribution in [0.5, 0.6) is 0 Å². The molecule has 5 N–H and O–H groups in total. The van der Waals surface area contributed by atoms with Gasteiger partial charge in [0.15, 0.2) is 0 Å². The van der Waals surface area contributed by atoms with Crippen molar-refractivity contribution < 1.29 is 19.5 Å². The third kappa shape index (κ3) is 4.96. The van der Waals surface area contributed by atoms with Gasteiger partial charge in [-0.05, 0) is 57.0 Å². The predicted octanol–water partition coefficient (Wildman–Crippen LogP) is 4.23. The molecule has 0 saturated carbocycles. The molecule has 196 valence electrons. The van der Waals surface area contributed by atoms with E-state index in [1.807, 2.05) is 56.3 Å². The molecule has 10 nitrogen and oxygen atoms in total. The third-order valence-corrected chi connectivity index (χ3v) is 6.46. The van der Waals surface area contributed by atoms with Crippen molar-refractivity contribution >= 4 is 23.1 Å². The zero-order chi connectivity index (χ0) is 27.1. The number of aliphatic hydroxyl groups is 2. The van der Waals surface area contributed by atoms with Crippen LogP contribution in [0.25, 0.3) is 11.5 Å². The van der Waals surface area contributed by atoms with Crippen molar-refractivity contribution in [1.82, 2.24) is 20.4 Å². The summed E-state index contributed by atoms with van der Waals surface area (Å²) in [7, 11) is 0. The lowest BCUT2D eigenvalue weighted by molar-refractivity contribution is 0.0661. The zero-order valence-electron chi connectivity index (χ0n) is 21.6. The van der Waals surface area contributed by atoms with Gasteiger partial charge < -0.3 is 30.7 Å². The molecule has 1 amide bonds. The standard InChI is InChI=1S/C28H30N6O4/c1-27(2)20-12-17(10-11-18(20)24(36)33-27)30-23-13-21(31-22(15-35)16-8-6-5-7-9-16)19(14-29-23)25-32-26(34-38-25)28(3,4)37/h5-14,22,35,37H,15H2,1-4H3,(H,33,36)(H2,29,30,31)/t22-/m1/s1. The summed E-state index contributed by atoms with van der Waals surface area (Å²) in [6.45, 7) is 6.91. The van der Waals surface area contributed by atoms with Crippen molar-refractivity contribution in [2.24, 2.45) is 0 Å². The monoisotopic (exact) mass is 514 g/mol. The van der Waals surface area contributed by atoms with Gasteiger partial charge in [-0.15, -0.1) is 0 Å². The second kappa shape index (κ2) is 9.55. The molecule has 0 bridgehead atoms. The highest BCUT2D eigenvalue weighted by atomic mass is 16.5. The molecular formula is C28H30N6O4. The minimum atomic E-state index is -1.28. The van der Waals surface area contributed by atoms with E-state index in [2.05, 4.69) is 31.1 Å². The first-order valence-electron chi connectivity index (χ1n) is 12.3. The number of hydrogen-bond acceptors (Lipinski definition) is 9. The van der Waals surface area contributed by atoms with E-state index in [9.17, 15) is 15.0 Å².